The fraction of sp³-hybridized carbons (Fsp3) is 0.429. The van der Waals surface area contributed by atoms with Crippen LogP contribution in [0.25, 0.3) is 0 Å². The molecule has 1 aliphatic heterocycles. The third-order valence-electron chi connectivity index (χ3n) is 2.93. The molecule has 0 N–H and O–H groups in total. The van der Waals surface area contributed by atoms with Crippen LogP contribution in [0, 0.1) is 0 Å². The Hall–Kier alpha value is -1.48. The van der Waals surface area contributed by atoms with Gasteiger partial charge in [0.05, 0.1) is 0 Å². The lowest BCUT2D eigenvalue weighted by atomic mass is 10.3. The fourth-order valence-corrected chi connectivity index (χ4v) is 1.79. The summed E-state index contributed by atoms with van der Waals surface area (Å²) in [5.41, 5.74) is 0. The zero-order chi connectivity index (χ0) is 12.1. The Kier molecular flexibility index (Phi) is 4.04. The van der Waals surface area contributed by atoms with Gasteiger partial charge >= 0.3 is 0 Å². The molecule has 0 aromatic heterocycles. The lowest BCUT2D eigenvalue weighted by Gasteiger charge is -2.21. The summed E-state index contributed by atoms with van der Waals surface area (Å²) in [6.45, 7) is 7.87. The number of fused-ring (bicyclic) bond motifs is 1. The van der Waals surface area contributed by atoms with E-state index in [9.17, 15) is 0 Å². The van der Waals surface area contributed by atoms with Crippen molar-refractivity contribution >= 4 is 0 Å². The van der Waals surface area contributed by atoms with Crippen LogP contribution in [0.1, 0.15) is 13.8 Å². The first-order chi connectivity index (χ1) is 8.33. The molecule has 1 aromatic rings. The highest BCUT2D eigenvalue weighted by Crippen LogP contribution is 2.31. The molecule has 92 valence electrons. The minimum absolute atomic E-state index is 0.526. The largest absolute Gasteiger partial charge is 0.482 e. The molecule has 3 nitrogen and oxygen atoms in total. The SMILES string of the molecule is CCN(CC)C/C=C1/COc2ccccc2O1. The van der Waals surface area contributed by atoms with E-state index < -0.39 is 0 Å². The second-order valence-corrected chi connectivity index (χ2v) is 3.99. The Balaban J connectivity index is 2.00. The fourth-order valence-electron chi connectivity index (χ4n) is 1.79. The van der Waals surface area contributed by atoms with Crippen LogP contribution in [-0.2, 0) is 0 Å². The monoisotopic (exact) mass is 233 g/mol. The summed E-state index contributed by atoms with van der Waals surface area (Å²) in [7, 11) is 0. The third kappa shape index (κ3) is 3.01. The number of benzene rings is 1. The van der Waals surface area contributed by atoms with Gasteiger partial charge in [0.25, 0.3) is 0 Å². The Morgan fingerprint density at radius 2 is 1.88 bits per heavy atom. The maximum absolute atomic E-state index is 5.78. The molecule has 1 heterocycles. The molecule has 1 aliphatic rings. The van der Waals surface area contributed by atoms with E-state index >= 15 is 0 Å². The summed E-state index contributed by atoms with van der Waals surface area (Å²) >= 11 is 0. The zero-order valence-corrected chi connectivity index (χ0v) is 10.5. The van der Waals surface area contributed by atoms with Gasteiger partial charge < -0.3 is 14.4 Å². The lowest BCUT2D eigenvalue weighted by Crippen LogP contribution is -2.24. The number of likely N-dealkylation sites (N-methyl/N-ethyl adjacent to an activating group) is 1. The Bertz CT molecular complexity index is 397. The highest BCUT2D eigenvalue weighted by atomic mass is 16.6. The van der Waals surface area contributed by atoms with Gasteiger partial charge in [-0.15, -0.1) is 0 Å². The van der Waals surface area contributed by atoms with Gasteiger partial charge in [-0.1, -0.05) is 26.0 Å². The molecule has 0 spiro atoms. The molecular weight excluding hydrogens is 214 g/mol. The number of hydrogen-bond donors (Lipinski definition) is 0. The first kappa shape index (κ1) is 12.0. The summed E-state index contributed by atoms with van der Waals surface area (Å²) in [4.78, 5) is 2.33. The summed E-state index contributed by atoms with van der Waals surface area (Å²) in [6.07, 6.45) is 2.10. The molecule has 0 aliphatic carbocycles. The number of hydrogen-bond acceptors (Lipinski definition) is 3. The van der Waals surface area contributed by atoms with Crippen molar-refractivity contribution in [1.82, 2.24) is 4.90 Å². The molecule has 0 fully saturated rings. The average molecular weight is 233 g/mol. The van der Waals surface area contributed by atoms with Crippen LogP contribution in [0.3, 0.4) is 0 Å². The topological polar surface area (TPSA) is 21.7 Å². The minimum atomic E-state index is 0.526. The molecule has 0 unspecified atom stereocenters. The molecule has 1 aromatic carbocycles. The maximum Gasteiger partial charge on any atom is 0.168 e. The lowest BCUT2D eigenvalue weighted by molar-refractivity contribution is 0.228. The van der Waals surface area contributed by atoms with E-state index in [2.05, 4.69) is 24.8 Å². The highest BCUT2D eigenvalue weighted by molar-refractivity contribution is 5.42. The van der Waals surface area contributed by atoms with E-state index in [-0.39, 0.29) is 0 Å². The van der Waals surface area contributed by atoms with E-state index in [4.69, 9.17) is 9.47 Å². The van der Waals surface area contributed by atoms with Gasteiger partial charge in [-0.25, -0.2) is 0 Å². The van der Waals surface area contributed by atoms with Crippen LogP contribution >= 0.6 is 0 Å². The summed E-state index contributed by atoms with van der Waals surface area (Å²) in [5.74, 6) is 2.53. The second kappa shape index (κ2) is 5.73. The number of nitrogens with zero attached hydrogens (tertiary/aromatic N) is 1. The maximum atomic E-state index is 5.78. The zero-order valence-electron chi connectivity index (χ0n) is 10.5. The van der Waals surface area contributed by atoms with E-state index in [1.807, 2.05) is 24.3 Å². The third-order valence-corrected chi connectivity index (χ3v) is 2.93. The van der Waals surface area contributed by atoms with Crippen LogP contribution in [0.2, 0.25) is 0 Å². The first-order valence-corrected chi connectivity index (χ1v) is 6.14. The molecule has 0 amide bonds. The van der Waals surface area contributed by atoms with Crippen molar-refractivity contribution < 1.29 is 9.47 Å². The van der Waals surface area contributed by atoms with Gasteiger partial charge in [-0.05, 0) is 31.3 Å². The molecule has 2 rings (SSSR count). The Labute approximate surface area is 103 Å². The smallest absolute Gasteiger partial charge is 0.168 e. The normalized spacial score (nSPS) is 16.5. The number of para-hydroxylation sites is 2. The average Bonchev–Trinajstić information content (AvgIpc) is 2.40. The summed E-state index contributed by atoms with van der Waals surface area (Å²) < 4.78 is 11.4. The van der Waals surface area contributed by atoms with Crippen LogP contribution in [0.4, 0.5) is 0 Å². The Morgan fingerprint density at radius 1 is 1.18 bits per heavy atom. The van der Waals surface area contributed by atoms with Crippen molar-refractivity contribution in [2.45, 2.75) is 13.8 Å². The minimum Gasteiger partial charge on any atom is -0.482 e. The van der Waals surface area contributed by atoms with Crippen molar-refractivity contribution in [3.63, 3.8) is 0 Å². The molecule has 3 heteroatoms. The van der Waals surface area contributed by atoms with Crippen LogP contribution < -0.4 is 9.47 Å². The molecule has 17 heavy (non-hydrogen) atoms. The predicted octanol–water partition coefficient (Wildman–Crippen LogP) is 2.68. The van der Waals surface area contributed by atoms with Gasteiger partial charge in [0.15, 0.2) is 11.5 Å². The van der Waals surface area contributed by atoms with E-state index in [0.29, 0.717) is 6.61 Å². The molecule has 0 saturated heterocycles. The highest BCUT2D eigenvalue weighted by Gasteiger charge is 2.14. The van der Waals surface area contributed by atoms with Crippen LogP contribution in [0.15, 0.2) is 36.1 Å². The predicted molar refractivity (Wildman–Crippen MR) is 68.4 cm³/mol. The quantitative estimate of drug-likeness (QED) is 0.798. The molecular formula is C14H19NO2. The summed E-state index contributed by atoms with van der Waals surface area (Å²) in [6, 6.07) is 7.76. The van der Waals surface area contributed by atoms with Gasteiger partial charge in [-0.2, -0.15) is 0 Å². The van der Waals surface area contributed by atoms with Gasteiger partial charge in [-0.3, -0.25) is 0 Å². The van der Waals surface area contributed by atoms with Crippen molar-refractivity contribution in [3.05, 3.63) is 36.1 Å². The van der Waals surface area contributed by atoms with Crippen molar-refractivity contribution in [2.75, 3.05) is 26.2 Å². The van der Waals surface area contributed by atoms with Crippen LogP contribution in [-0.4, -0.2) is 31.1 Å². The van der Waals surface area contributed by atoms with Crippen molar-refractivity contribution in [3.8, 4) is 11.5 Å². The van der Waals surface area contributed by atoms with Crippen molar-refractivity contribution in [1.29, 1.82) is 0 Å². The van der Waals surface area contributed by atoms with Gasteiger partial charge in [0.2, 0.25) is 0 Å². The van der Waals surface area contributed by atoms with Crippen LogP contribution in [0.5, 0.6) is 11.5 Å². The molecule has 0 atom stereocenters. The van der Waals surface area contributed by atoms with Gasteiger partial charge in [0.1, 0.15) is 12.4 Å². The Morgan fingerprint density at radius 3 is 2.59 bits per heavy atom. The summed E-state index contributed by atoms with van der Waals surface area (Å²) in [5, 5.41) is 0. The molecule has 0 saturated carbocycles. The number of rotatable bonds is 4. The molecule has 0 radical (unpaired) electrons. The molecule has 0 bridgehead atoms. The van der Waals surface area contributed by atoms with E-state index in [1.54, 1.807) is 0 Å². The van der Waals surface area contributed by atoms with E-state index in [0.717, 1.165) is 36.9 Å². The van der Waals surface area contributed by atoms with E-state index in [1.165, 1.54) is 0 Å². The number of ether oxygens (including phenoxy) is 2. The van der Waals surface area contributed by atoms with Crippen molar-refractivity contribution in [2.24, 2.45) is 0 Å². The standard InChI is InChI=1S/C14H19NO2/c1-3-15(4-2)10-9-12-11-16-13-7-5-6-8-14(13)17-12/h5-9H,3-4,10-11H2,1-2H3/b12-9-. The second-order valence-electron chi connectivity index (χ2n) is 3.99. The van der Waals surface area contributed by atoms with Gasteiger partial charge in [0, 0.05) is 6.54 Å². The first-order valence-electron chi connectivity index (χ1n) is 6.14.